The highest BCUT2D eigenvalue weighted by molar-refractivity contribution is 5.41. The lowest BCUT2D eigenvalue weighted by molar-refractivity contribution is 0.0215. The van der Waals surface area contributed by atoms with E-state index in [9.17, 15) is 0 Å². The van der Waals surface area contributed by atoms with Crippen molar-refractivity contribution in [2.45, 2.75) is 38.7 Å². The molecule has 1 aromatic rings. The lowest BCUT2D eigenvalue weighted by atomic mass is 10.1. The summed E-state index contributed by atoms with van der Waals surface area (Å²) in [6.45, 7) is 4.82. The minimum Gasteiger partial charge on any atom is -0.376 e. The number of aromatic nitrogens is 2. The van der Waals surface area contributed by atoms with Gasteiger partial charge in [0.1, 0.15) is 5.82 Å². The zero-order chi connectivity index (χ0) is 13.5. The predicted molar refractivity (Wildman–Crippen MR) is 77.7 cm³/mol. The predicted octanol–water partition coefficient (Wildman–Crippen LogP) is 2.30. The van der Waals surface area contributed by atoms with Gasteiger partial charge < -0.3 is 15.0 Å². The van der Waals surface area contributed by atoms with E-state index in [1.807, 2.05) is 6.07 Å². The summed E-state index contributed by atoms with van der Waals surface area (Å²) in [4.78, 5) is 10.9. The molecule has 1 N–H and O–H groups in total. The Labute approximate surface area is 115 Å². The molecule has 0 amide bonds. The van der Waals surface area contributed by atoms with Crippen LogP contribution in [0.2, 0.25) is 0 Å². The van der Waals surface area contributed by atoms with Crippen molar-refractivity contribution in [2.75, 3.05) is 37.0 Å². The number of ether oxygens (including phenoxy) is 1. The number of anilines is 2. The Balaban J connectivity index is 1.91. The number of likely N-dealkylation sites (N-methyl/N-ethyl adjacent to an activating group) is 1. The van der Waals surface area contributed by atoms with E-state index in [2.05, 4.69) is 34.2 Å². The van der Waals surface area contributed by atoms with Gasteiger partial charge in [0.05, 0.1) is 6.10 Å². The molecule has 0 aromatic carbocycles. The molecule has 1 fully saturated rings. The van der Waals surface area contributed by atoms with Gasteiger partial charge in [-0.05, 0) is 31.7 Å². The van der Waals surface area contributed by atoms with Gasteiger partial charge in [-0.2, -0.15) is 4.98 Å². The summed E-state index contributed by atoms with van der Waals surface area (Å²) in [6, 6.07) is 1.94. The molecule has 0 spiro atoms. The molecule has 1 aliphatic rings. The molecule has 0 aliphatic carbocycles. The van der Waals surface area contributed by atoms with Gasteiger partial charge in [-0.1, -0.05) is 6.92 Å². The lowest BCUT2D eigenvalue weighted by Crippen LogP contribution is -2.33. The Morgan fingerprint density at radius 3 is 3.11 bits per heavy atom. The maximum absolute atomic E-state index is 5.76. The van der Waals surface area contributed by atoms with E-state index < -0.39 is 0 Å². The van der Waals surface area contributed by atoms with Crippen molar-refractivity contribution in [3.05, 3.63) is 12.3 Å². The third-order valence-corrected chi connectivity index (χ3v) is 3.32. The number of hydrogen-bond acceptors (Lipinski definition) is 5. The maximum atomic E-state index is 5.76. The summed E-state index contributed by atoms with van der Waals surface area (Å²) in [5.41, 5.74) is 0. The van der Waals surface area contributed by atoms with Crippen LogP contribution in [0.1, 0.15) is 32.6 Å². The second-order valence-corrected chi connectivity index (χ2v) is 5.03. The zero-order valence-corrected chi connectivity index (χ0v) is 11.9. The molecule has 0 saturated carbocycles. The van der Waals surface area contributed by atoms with Crippen LogP contribution in [-0.2, 0) is 4.74 Å². The van der Waals surface area contributed by atoms with Gasteiger partial charge in [0.25, 0.3) is 0 Å². The average molecular weight is 264 g/mol. The van der Waals surface area contributed by atoms with Crippen LogP contribution in [-0.4, -0.2) is 42.8 Å². The van der Waals surface area contributed by atoms with Crippen molar-refractivity contribution in [1.29, 1.82) is 0 Å². The first-order chi connectivity index (χ1) is 9.29. The molecule has 0 radical (unpaired) electrons. The highest BCUT2D eigenvalue weighted by Gasteiger charge is 2.16. The van der Waals surface area contributed by atoms with Crippen LogP contribution < -0.4 is 10.2 Å². The van der Waals surface area contributed by atoms with Crippen molar-refractivity contribution in [1.82, 2.24) is 9.97 Å². The van der Waals surface area contributed by atoms with Gasteiger partial charge in [0.15, 0.2) is 0 Å². The Kier molecular flexibility index (Phi) is 5.39. The normalized spacial score (nSPS) is 19.2. The van der Waals surface area contributed by atoms with E-state index in [0.29, 0.717) is 12.1 Å². The van der Waals surface area contributed by atoms with E-state index in [-0.39, 0.29) is 0 Å². The summed E-state index contributed by atoms with van der Waals surface area (Å²) >= 11 is 0. The van der Waals surface area contributed by atoms with Crippen LogP contribution in [0.4, 0.5) is 11.8 Å². The molecular formula is C14H24N4O. The first kappa shape index (κ1) is 14.1. The molecule has 19 heavy (non-hydrogen) atoms. The van der Waals surface area contributed by atoms with Crippen molar-refractivity contribution < 1.29 is 4.74 Å². The highest BCUT2D eigenvalue weighted by atomic mass is 16.5. The fourth-order valence-electron chi connectivity index (χ4n) is 2.23. The van der Waals surface area contributed by atoms with E-state index in [1.54, 1.807) is 6.20 Å². The smallest absolute Gasteiger partial charge is 0.224 e. The van der Waals surface area contributed by atoms with E-state index in [1.165, 1.54) is 12.8 Å². The van der Waals surface area contributed by atoms with Crippen molar-refractivity contribution in [3.8, 4) is 0 Å². The second kappa shape index (κ2) is 7.28. The fraction of sp³-hybridized carbons (Fsp3) is 0.714. The molecular weight excluding hydrogens is 240 g/mol. The third-order valence-electron chi connectivity index (χ3n) is 3.32. The lowest BCUT2D eigenvalue weighted by Gasteiger charge is -2.28. The van der Waals surface area contributed by atoms with Gasteiger partial charge in [-0.3, -0.25) is 0 Å². The van der Waals surface area contributed by atoms with Crippen LogP contribution in [0.5, 0.6) is 0 Å². The molecule has 1 saturated heterocycles. The summed E-state index contributed by atoms with van der Waals surface area (Å²) in [7, 11) is 2.06. The van der Waals surface area contributed by atoms with Gasteiger partial charge in [-0.15, -0.1) is 0 Å². The highest BCUT2D eigenvalue weighted by Crippen LogP contribution is 2.17. The first-order valence-corrected chi connectivity index (χ1v) is 7.19. The molecule has 2 rings (SSSR count). The molecule has 2 heterocycles. The van der Waals surface area contributed by atoms with Crippen LogP contribution in [0.3, 0.4) is 0 Å². The molecule has 1 atom stereocenters. The minimum atomic E-state index is 0.334. The maximum Gasteiger partial charge on any atom is 0.224 e. The second-order valence-electron chi connectivity index (χ2n) is 5.03. The van der Waals surface area contributed by atoms with E-state index in [0.717, 1.165) is 38.4 Å². The Morgan fingerprint density at radius 1 is 1.47 bits per heavy atom. The van der Waals surface area contributed by atoms with E-state index in [4.69, 9.17) is 4.74 Å². The molecule has 5 heteroatoms. The van der Waals surface area contributed by atoms with Crippen molar-refractivity contribution >= 4 is 11.8 Å². The Hall–Kier alpha value is -1.36. The van der Waals surface area contributed by atoms with Gasteiger partial charge in [0, 0.05) is 32.9 Å². The zero-order valence-electron chi connectivity index (χ0n) is 11.9. The molecule has 1 aliphatic heterocycles. The Morgan fingerprint density at radius 2 is 2.37 bits per heavy atom. The summed E-state index contributed by atoms with van der Waals surface area (Å²) in [5, 5.41) is 3.21. The van der Waals surface area contributed by atoms with Crippen molar-refractivity contribution in [2.24, 2.45) is 0 Å². The summed E-state index contributed by atoms with van der Waals surface area (Å²) in [6.07, 6.45) is 6.82. The van der Waals surface area contributed by atoms with E-state index >= 15 is 0 Å². The number of hydrogen-bond donors (Lipinski definition) is 1. The van der Waals surface area contributed by atoms with Crippen LogP contribution in [0.15, 0.2) is 12.3 Å². The van der Waals surface area contributed by atoms with Gasteiger partial charge in [0.2, 0.25) is 5.95 Å². The third kappa shape index (κ3) is 4.35. The standard InChI is InChI=1S/C14H24N4O/c1-3-8-15-14-16-9-7-13(17-14)18(2)11-12-6-4-5-10-19-12/h7,9,12H,3-6,8,10-11H2,1-2H3,(H,15,16,17). The molecule has 1 unspecified atom stereocenters. The quantitative estimate of drug-likeness (QED) is 0.854. The minimum absolute atomic E-state index is 0.334. The summed E-state index contributed by atoms with van der Waals surface area (Å²) in [5.74, 6) is 1.65. The van der Waals surface area contributed by atoms with Gasteiger partial charge in [-0.25, -0.2) is 4.98 Å². The topological polar surface area (TPSA) is 50.3 Å². The van der Waals surface area contributed by atoms with Crippen LogP contribution in [0, 0.1) is 0 Å². The Bertz CT molecular complexity index is 379. The monoisotopic (exact) mass is 264 g/mol. The largest absolute Gasteiger partial charge is 0.376 e. The first-order valence-electron chi connectivity index (χ1n) is 7.19. The molecule has 106 valence electrons. The number of rotatable bonds is 6. The molecule has 5 nitrogen and oxygen atoms in total. The molecule has 1 aromatic heterocycles. The van der Waals surface area contributed by atoms with Crippen molar-refractivity contribution in [3.63, 3.8) is 0 Å². The summed E-state index contributed by atoms with van der Waals surface area (Å²) < 4.78 is 5.76. The number of nitrogens with one attached hydrogen (secondary N) is 1. The van der Waals surface area contributed by atoms with Crippen LogP contribution in [0.25, 0.3) is 0 Å². The van der Waals surface area contributed by atoms with Crippen LogP contribution >= 0.6 is 0 Å². The van der Waals surface area contributed by atoms with Gasteiger partial charge >= 0.3 is 0 Å². The fourth-order valence-corrected chi connectivity index (χ4v) is 2.23. The molecule has 0 bridgehead atoms. The average Bonchev–Trinajstić information content (AvgIpc) is 2.46. The number of nitrogens with zero attached hydrogens (tertiary/aromatic N) is 3. The SMILES string of the molecule is CCCNc1nccc(N(C)CC2CCCCO2)n1.